The zero-order valence-electron chi connectivity index (χ0n) is 18.7. The second kappa shape index (κ2) is 10.7. The van der Waals surface area contributed by atoms with Crippen molar-refractivity contribution in [2.45, 2.75) is 37.8 Å². The smallest absolute Gasteiger partial charge is 0.268 e. The molecule has 1 saturated carbocycles. The number of nitrogens with zero attached hydrogens (tertiary/aromatic N) is 6. The van der Waals surface area contributed by atoms with Crippen LogP contribution in [-0.2, 0) is 0 Å². The summed E-state index contributed by atoms with van der Waals surface area (Å²) in [4.78, 5) is 70.3. The van der Waals surface area contributed by atoms with E-state index in [0.717, 1.165) is 34.3 Å². The van der Waals surface area contributed by atoms with E-state index in [1.807, 2.05) is 0 Å². The van der Waals surface area contributed by atoms with Crippen molar-refractivity contribution in [1.29, 1.82) is 0 Å². The van der Waals surface area contributed by atoms with Gasteiger partial charge < -0.3 is 11.5 Å². The molecule has 0 heterocycles. The lowest BCUT2D eigenvalue weighted by Crippen LogP contribution is -2.60. The highest BCUT2D eigenvalue weighted by Crippen LogP contribution is 2.37. The lowest BCUT2D eigenvalue weighted by atomic mass is 9.88. The fourth-order valence-electron chi connectivity index (χ4n) is 4.17. The van der Waals surface area contributed by atoms with E-state index in [4.69, 9.17) is 23.2 Å². The zero-order chi connectivity index (χ0) is 26.6. The number of hydrogen-bond donors (Lipinski definition) is 4. The minimum Gasteiger partial charge on any atom is -0.397 e. The molecule has 0 saturated heterocycles. The Balaban J connectivity index is 1.91. The Morgan fingerprint density at radius 3 is 1.53 bits per heavy atom. The summed E-state index contributed by atoms with van der Waals surface area (Å²) in [7, 11) is 0. The van der Waals surface area contributed by atoms with Crippen molar-refractivity contribution in [3.63, 3.8) is 0 Å². The molecule has 2 aromatic carbocycles. The van der Waals surface area contributed by atoms with Gasteiger partial charge in [-0.25, -0.2) is 11.7 Å². The Morgan fingerprint density at radius 1 is 0.694 bits per heavy atom. The third kappa shape index (κ3) is 4.75. The lowest BCUT2D eigenvalue weighted by Gasteiger charge is -2.41. The topological polar surface area (TPSA) is 262 Å². The fraction of sp³-hybridized carbons (Fsp3) is 0.300. The van der Waals surface area contributed by atoms with E-state index in [9.17, 15) is 29.2 Å². The second-order valence-electron chi connectivity index (χ2n) is 8.07. The molecule has 2 unspecified atom stereocenters. The highest BCUT2D eigenvalue weighted by Gasteiger charge is 2.37. The average molecular weight is 498 g/mol. The maximum Gasteiger partial charge on any atom is 0.268 e. The van der Waals surface area contributed by atoms with Crippen molar-refractivity contribution in [2.24, 2.45) is 32.4 Å². The molecular weight excluding hydrogens is 476 g/mol. The fourth-order valence-corrected chi connectivity index (χ4v) is 4.17. The number of benzene rings is 2. The number of carbonyl (C=O) groups excluding carboxylic acids is 2. The summed E-state index contributed by atoms with van der Waals surface area (Å²) in [6, 6.07) is 2.77. The van der Waals surface area contributed by atoms with Gasteiger partial charge in [0.05, 0.1) is 23.5 Å². The van der Waals surface area contributed by atoms with Crippen LogP contribution in [0.25, 0.3) is 0 Å². The Kier molecular flexibility index (Phi) is 7.70. The molecule has 3 rings (SSSR count). The molecule has 8 N–H and O–H groups in total. The van der Waals surface area contributed by atoms with Crippen LogP contribution in [0.5, 0.6) is 0 Å². The van der Waals surface area contributed by atoms with Gasteiger partial charge in [-0.05, 0) is 57.8 Å². The van der Waals surface area contributed by atoms with Crippen LogP contribution in [-0.4, -0.2) is 33.9 Å². The molecule has 0 spiro atoms. The quantitative estimate of drug-likeness (QED) is 0.136. The van der Waals surface area contributed by atoms with Gasteiger partial charge in [-0.15, -0.1) is 19.6 Å². The van der Waals surface area contributed by atoms with Crippen molar-refractivity contribution < 1.29 is 9.59 Å². The third-order valence-electron chi connectivity index (χ3n) is 6.01. The van der Waals surface area contributed by atoms with Gasteiger partial charge in [0.25, 0.3) is 11.8 Å². The molecule has 2 amide bonds. The van der Waals surface area contributed by atoms with E-state index < -0.39 is 35.3 Å². The van der Waals surface area contributed by atoms with E-state index in [1.54, 1.807) is 0 Å². The van der Waals surface area contributed by atoms with Crippen LogP contribution in [0.4, 0.5) is 34.1 Å². The molecule has 16 heteroatoms. The van der Waals surface area contributed by atoms with E-state index in [2.05, 4.69) is 20.7 Å². The summed E-state index contributed by atoms with van der Waals surface area (Å²) in [5.74, 6) is 10.7. The third-order valence-corrected chi connectivity index (χ3v) is 6.01. The number of amides is 2. The first-order valence-corrected chi connectivity index (χ1v) is 10.5. The van der Waals surface area contributed by atoms with Gasteiger partial charge in [-0.3, -0.25) is 19.6 Å². The first kappa shape index (κ1) is 25.9. The Morgan fingerprint density at radius 2 is 1.11 bits per heavy atom. The van der Waals surface area contributed by atoms with Crippen molar-refractivity contribution in [1.82, 2.24) is 10.0 Å². The molecule has 0 radical (unpaired) electrons. The van der Waals surface area contributed by atoms with Crippen molar-refractivity contribution in [3.05, 3.63) is 55.0 Å². The van der Waals surface area contributed by atoms with E-state index in [0.29, 0.717) is 25.7 Å². The molecule has 188 valence electrons. The van der Waals surface area contributed by atoms with Gasteiger partial charge in [0.15, 0.2) is 5.69 Å². The average Bonchev–Trinajstić information content (AvgIpc) is 2.90. The SMILES string of the molecule is Nc1cc(C(=O)N(N)C2CCCCC2N(N)C(=O)c2cc(N=O)c(N)c(N=O)c2)cc(N=O)c1N=O. The molecule has 2 aromatic rings. The molecule has 1 fully saturated rings. The first-order valence-electron chi connectivity index (χ1n) is 10.5. The summed E-state index contributed by atoms with van der Waals surface area (Å²) in [6.07, 6.45) is 2.08. The van der Waals surface area contributed by atoms with Crippen LogP contribution in [0.1, 0.15) is 46.4 Å². The molecule has 1 aliphatic carbocycles. The summed E-state index contributed by atoms with van der Waals surface area (Å²) in [5.41, 5.74) is 8.98. The van der Waals surface area contributed by atoms with Crippen molar-refractivity contribution in [2.75, 3.05) is 11.5 Å². The van der Waals surface area contributed by atoms with E-state index in [-0.39, 0.29) is 33.9 Å². The number of nitrogens with two attached hydrogens (primary N) is 4. The monoisotopic (exact) mass is 498 g/mol. The minimum absolute atomic E-state index is 0.127. The van der Waals surface area contributed by atoms with Crippen LogP contribution in [0, 0.1) is 19.6 Å². The molecule has 0 bridgehead atoms. The Labute approximate surface area is 202 Å². The first-order chi connectivity index (χ1) is 17.2. The highest BCUT2D eigenvalue weighted by molar-refractivity contribution is 5.99. The Hall–Kier alpha value is -4.70. The number of nitrogen functional groups attached to an aromatic ring is 2. The van der Waals surface area contributed by atoms with Crippen LogP contribution in [0.2, 0.25) is 0 Å². The standard InChI is InChI=1S/C20H22N10O6/c21-11-5-9(8-14(27-35)18(11)28-36)19(31)29(23)15-3-1-2-4-16(15)30(24)20(32)10-6-12(25-33)17(22)13(7-10)26-34/h5-8,15-16H,1-4,21-24H2. The second-order valence-corrected chi connectivity index (χ2v) is 8.07. The van der Waals surface area contributed by atoms with Crippen molar-refractivity contribution in [3.8, 4) is 0 Å². The summed E-state index contributed by atoms with van der Waals surface area (Å²) < 4.78 is 0. The van der Waals surface area contributed by atoms with Crippen LogP contribution in [0.3, 0.4) is 0 Å². The zero-order valence-corrected chi connectivity index (χ0v) is 18.7. The summed E-state index contributed by atoms with van der Waals surface area (Å²) >= 11 is 0. The molecule has 36 heavy (non-hydrogen) atoms. The van der Waals surface area contributed by atoms with Crippen molar-refractivity contribution >= 4 is 45.9 Å². The summed E-state index contributed by atoms with van der Waals surface area (Å²) in [5, 5.41) is 12.5. The Bertz CT molecular complexity index is 1220. The molecule has 0 aromatic heterocycles. The van der Waals surface area contributed by atoms with E-state index in [1.165, 1.54) is 0 Å². The lowest BCUT2D eigenvalue weighted by molar-refractivity contribution is 0.0296. The molecular formula is C20H22N10O6. The predicted octanol–water partition coefficient (Wildman–Crippen LogP) is 3.09. The number of rotatable bonds is 8. The van der Waals surface area contributed by atoms with E-state index >= 15 is 0 Å². The number of hydrazine groups is 2. The van der Waals surface area contributed by atoms with Gasteiger partial charge in [0.2, 0.25) is 0 Å². The van der Waals surface area contributed by atoms with Crippen LogP contribution >= 0.6 is 0 Å². The number of nitroso groups, excluding NO2 is 4. The van der Waals surface area contributed by atoms with Crippen LogP contribution in [0.15, 0.2) is 45.0 Å². The molecule has 1 aliphatic rings. The summed E-state index contributed by atoms with van der Waals surface area (Å²) in [6.45, 7) is 0. The number of hydrogen-bond acceptors (Lipinski definition) is 14. The normalized spacial score (nSPS) is 17.1. The predicted molar refractivity (Wildman–Crippen MR) is 130 cm³/mol. The number of anilines is 2. The molecule has 0 aliphatic heterocycles. The largest absolute Gasteiger partial charge is 0.397 e. The van der Waals surface area contributed by atoms with Gasteiger partial charge in [-0.1, -0.05) is 12.8 Å². The maximum absolute atomic E-state index is 13.1. The van der Waals surface area contributed by atoms with Gasteiger partial charge in [0.1, 0.15) is 17.1 Å². The minimum atomic E-state index is -0.791. The van der Waals surface area contributed by atoms with Gasteiger partial charge in [0, 0.05) is 11.1 Å². The molecule has 2 atom stereocenters. The molecule has 16 nitrogen and oxygen atoms in total. The van der Waals surface area contributed by atoms with Crippen LogP contribution < -0.4 is 23.2 Å². The highest BCUT2D eigenvalue weighted by atomic mass is 16.3. The maximum atomic E-state index is 13.1. The van der Waals surface area contributed by atoms with Gasteiger partial charge >= 0.3 is 0 Å². The number of carbonyl (C=O) groups is 2. The van der Waals surface area contributed by atoms with Gasteiger partial charge in [-0.2, -0.15) is 0 Å².